The fourth-order valence-electron chi connectivity index (χ4n) is 3.66. The van der Waals surface area contributed by atoms with Gasteiger partial charge in [-0.15, -0.1) is 0 Å². The van der Waals surface area contributed by atoms with E-state index in [1.165, 1.54) is 0 Å². The molecule has 0 N–H and O–H groups in total. The van der Waals surface area contributed by atoms with Crippen molar-refractivity contribution < 1.29 is 18.8 Å². The molecule has 1 aromatic heterocycles. The van der Waals surface area contributed by atoms with Crippen LogP contribution in [0.2, 0.25) is 0 Å². The van der Waals surface area contributed by atoms with Crippen LogP contribution in [0.25, 0.3) is 10.9 Å². The first-order chi connectivity index (χ1) is 13.4. The molecule has 0 amide bonds. The van der Waals surface area contributed by atoms with Crippen LogP contribution in [0.5, 0.6) is 0 Å². The third kappa shape index (κ3) is 3.51. The van der Waals surface area contributed by atoms with E-state index in [0.717, 1.165) is 5.46 Å². The molecule has 0 unspecified atom stereocenters. The molecule has 3 rings (SSSR count). The number of rotatable bonds is 4. The number of aromatic nitrogens is 1. The number of nitrogens with zero attached hydrogens (tertiary/aromatic N) is 1. The van der Waals surface area contributed by atoms with E-state index >= 15 is 0 Å². The molecule has 2 heterocycles. The van der Waals surface area contributed by atoms with E-state index in [9.17, 15) is 9.59 Å². The summed E-state index contributed by atoms with van der Waals surface area (Å²) in [5.41, 5.74) is 1.08. The number of hydrogen-bond acceptors (Lipinski definition) is 5. The molecule has 0 radical (unpaired) electrons. The van der Waals surface area contributed by atoms with Crippen molar-refractivity contribution in [2.45, 2.75) is 72.6 Å². The first kappa shape index (κ1) is 21.6. The number of fused-ring (bicyclic) bond motifs is 1. The first-order valence-electron chi connectivity index (χ1n) is 10.1. The lowest BCUT2D eigenvalue weighted by Gasteiger charge is -2.32. The lowest BCUT2D eigenvalue weighted by Crippen LogP contribution is -2.41. The summed E-state index contributed by atoms with van der Waals surface area (Å²) in [6, 6.07) is 5.49. The molecule has 1 aliphatic rings. The van der Waals surface area contributed by atoms with Crippen LogP contribution >= 0.6 is 0 Å². The minimum absolute atomic E-state index is 0.0512. The molecule has 1 aliphatic heterocycles. The van der Waals surface area contributed by atoms with Gasteiger partial charge in [0.1, 0.15) is 5.69 Å². The fourth-order valence-corrected chi connectivity index (χ4v) is 3.66. The molecule has 1 aromatic carbocycles. The SMILES string of the molecule is CCOC(=O)c1c(C)c(=O)c2ccc(B3OC(C)(C)C(C)(C)O3)cc2n1C(C)C. The number of hydrogen-bond donors (Lipinski definition) is 0. The lowest BCUT2D eigenvalue weighted by atomic mass is 9.78. The number of carbonyl (C=O) groups excluding carboxylic acids is 1. The lowest BCUT2D eigenvalue weighted by molar-refractivity contribution is 0.00578. The number of benzene rings is 1. The topological polar surface area (TPSA) is 66.8 Å². The van der Waals surface area contributed by atoms with Crippen LogP contribution in [0.1, 0.15) is 70.6 Å². The van der Waals surface area contributed by atoms with Crippen LogP contribution in [0.4, 0.5) is 0 Å². The van der Waals surface area contributed by atoms with Crippen molar-refractivity contribution in [1.29, 1.82) is 0 Å². The van der Waals surface area contributed by atoms with Crippen molar-refractivity contribution in [3.8, 4) is 0 Å². The van der Waals surface area contributed by atoms with Gasteiger partial charge in [0.05, 0.1) is 23.3 Å². The third-order valence-corrected chi connectivity index (χ3v) is 5.97. The van der Waals surface area contributed by atoms with Gasteiger partial charge in [-0.1, -0.05) is 6.07 Å². The summed E-state index contributed by atoms with van der Waals surface area (Å²) in [6.45, 7) is 15.6. The van der Waals surface area contributed by atoms with Crippen molar-refractivity contribution in [1.82, 2.24) is 4.57 Å². The van der Waals surface area contributed by atoms with E-state index in [0.29, 0.717) is 22.2 Å². The zero-order valence-electron chi connectivity index (χ0n) is 18.6. The predicted molar refractivity (Wildman–Crippen MR) is 115 cm³/mol. The van der Waals surface area contributed by atoms with E-state index in [2.05, 4.69) is 0 Å². The summed E-state index contributed by atoms with van der Waals surface area (Å²) in [7, 11) is -0.549. The van der Waals surface area contributed by atoms with E-state index in [4.69, 9.17) is 14.0 Å². The summed E-state index contributed by atoms with van der Waals surface area (Å²) < 4.78 is 19.5. The van der Waals surface area contributed by atoms with E-state index < -0.39 is 24.3 Å². The Morgan fingerprint density at radius 1 is 1.17 bits per heavy atom. The summed E-state index contributed by atoms with van der Waals surface area (Å²) in [5.74, 6) is -0.487. The van der Waals surface area contributed by atoms with Gasteiger partial charge in [0.2, 0.25) is 0 Å². The average Bonchev–Trinajstić information content (AvgIpc) is 2.84. The van der Waals surface area contributed by atoms with Crippen LogP contribution in [0.3, 0.4) is 0 Å². The van der Waals surface area contributed by atoms with Crippen LogP contribution in [0, 0.1) is 6.92 Å². The molecule has 6 nitrogen and oxygen atoms in total. The molecule has 1 saturated heterocycles. The Bertz CT molecular complexity index is 1010. The minimum atomic E-state index is -0.549. The molecule has 0 atom stereocenters. The highest BCUT2D eigenvalue weighted by atomic mass is 16.7. The molecular formula is C22H30BNO5. The van der Waals surface area contributed by atoms with Crippen molar-refractivity contribution in [3.05, 3.63) is 39.7 Å². The summed E-state index contributed by atoms with van der Waals surface area (Å²) >= 11 is 0. The summed E-state index contributed by atoms with van der Waals surface area (Å²) in [6.07, 6.45) is 0. The molecule has 2 aromatic rings. The smallest absolute Gasteiger partial charge is 0.461 e. The Morgan fingerprint density at radius 3 is 2.28 bits per heavy atom. The Labute approximate surface area is 172 Å². The fraction of sp³-hybridized carbons (Fsp3) is 0.545. The van der Waals surface area contributed by atoms with Gasteiger partial charge in [0.15, 0.2) is 5.43 Å². The number of esters is 1. The highest BCUT2D eigenvalue weighted by Crippen LogP contribution is 2.36. The van der Waals surface area contributed by atoms with Crippen LogP contribution in [-0.2, 0) is 14.0 Å². The second-order valence-electron chi connectivity index (χ2n) is 8.85. The maximum atomic E-state index is 13.0. The second-order valence-corrected chi connectivity index (χ2v) is 8.85. The number of carbonyl (C=O) groups is 1. The maximum Gasteiger partial charge on any atom is 0.494 e. The molecule has 156 valence electrons. The van der Waals surface area contributed by atoms with Gasteiger partial charge in [-0.25, -0.2) is 4.79 Å². The molecule has 7 heteroatoms. The van der Waals surface area contributed by atoms with Gasteiger partial charge >= 0.3 is 13.1 Å². The first-order valence-corrected chi connectivity index (χ1v) is 10.1. The van der Waals surface area contributed by atoms with E-state index in [1.54, 1.807) is 19.9 Å². The normalized spacial score (nSPS) is 17.9. The Balaban J connectivity index is 2.25. The zero-order chi connectivity index (χ0) is 21.7. The second kappa shape index (κ2) is 7.29. The molecule has 0 aliphatic carbocycles. The summed E-state index contributed by atoms with van der Waals surface area (Å²) in [4.78, 5) is 25.7. The van der Waals surface area contributed by atoms with Gasteiger partial charge in [0, 0.05) is 17.0 Å². The van der Waals surface area contributed by atoms with E-state index in [-0.39, 0.29) is 18.1 Å². The molecule has 1 fully saturated rings. The monoisotopic (exact) mass is 399 g/mol. The quantitative estimate of drug-likeness (QED) is 0.583. The van der Waals surface area contributed by atoms with Crippen molar-refractivity contribution in [2.24, 2.45) is 0 Å². The third-order valence-electron chi connectivity index (χ3n) is 5.97. The Kier molecular flexibility index (Phi) is 5.43. The number of ether oxygens (including phenoxy) is 1. The molecule has 0 saturated carbocycles. The molecule has 0 spiro atoms. The van der Waals surface area contributed by atoms with Crippen LogP contribution in [0.15, 0.2) is 23.0 Å². The van der Waals surface area contributed by atoms with Gasteiger partial charge < -0.3 is 18.6 Å². The Hall–Kier alpha value is -2.12. The van der Waals surface area contributed by atoms with Gasteiger partial charge in [0.25, 0.3) is 0 Å². The van der Waals surface area contributed by atoms with E-state index in [1.807, 2.05) is 58.2 Å². The maximum absolute atomic E-state index is 13.0. The van der Waals surface area contributed by atoms with Crippen LogP contribution in [-0.4, -0.2) is 35.5 Å². The van der Waals surface area contributed by atoms with Crippen molar-refractivity contribution in [2.75, 3.05) is 6.61 Å². The van der Waals surface area contributed by atoms with Gasteiger partial charge in [-0.2, -0.15) is 0 Å². The minimum Gasteiger partial charge on any atom is -0.461 e. The van der Waals surface area contributed by atoms with Gasteiger partial charge in [-0.05, 0) is 73.0 Å². The standard InChI is InChI=1S/C22H30BNO5/c1-9-27-20(26)18-14(4)19(25)16-11-10-15(12-17(16)24(18)13(2)3)23-28-21(5,6)22(7,8)29-23/h10-13H,9H2,1-8H3. The molecular weight excluding hydrogens is 369 g/mol. The van der Waals surface area contributed by atoms with Crippen molar-refractivity contribution in [3.63, 3.8) is 0 Å². The Morgan fingerprint density at radius 2 is 1.76 bits per heavy atom. The van der Waals surface area contributed by atoms with Crippen molar-refractivity contribution >= 4 is 29.5 Å². The van der Waals surface area contributed by atoms with Crippen LogP contribution < -0.4 is 10.9 Å². The highest BCUT2D eigenvalue weighted by Gasteiger charge is 2.51. The molecule has 29 heavy (non-hydrogen) atoms. The van der Waals surface area contributed by atoms with Gasteiger partial charge in [-0.3, -0.25) is 4.79 Å². The predicted octanol–water partition coefficient (Wildman–Crippen LogP) is 3.37. The zero-order valence-corrected chi connectivity index (χ0v) is 18.6. The highest BCUT2D eigenvalue weighted by molar-refractivity contribution is 6.62. The largest absolute Gasteiger partial charge is 0.494 e. The molecule has 0 bridgehead atoms. The summed E-state index contributed by atoms with van der Waals surface area (Å²) in [5, 5.41) is 0.560. The number of pyridine rings is 1. The average molecular weight is 399 g/mol.